The summed E-state index contributed by atoms with van der Waals surface area (Å²) in [6, 6.07) is 37.2. The minimum Gasteiger partial charge on any atom is -0.405 e. The lowest BCUT2D eigenvalue weighted by atomic mass is 9.75. The zero-order valence-electron chi connectivity index (χ0n) is 26.3. The third-order valence-electron chi connectivity index (χ3n) is 9.23. The van der Waals surface area contributed by atoms with Gasteiger partial charge in [0.2, 0.25) is 5.91 Å². The van der Waals surface area contributed by atoms with E-state index in [0.717, 1.165) is 24.0 Å². The van der Waals surface area contributed by atoms with Crippen molar-refractivity contribution in [3.8, 4) is 0 Å². The maximum atomic E-state index is 14.3. The normalized spacial score (nSPS) is 20.0. The molecule has 0 saturated carbocycles. The summed E-state index contributed by atoms with van der Waals surface area (Å²) in [6.07, 6.45) is 1.51. The maximum Gasteiger partial charge on any atom is 0.261 e. The Hall–Kier alpha value is -2.89. The van der Waals surface area contributed by atoms with Gasteiger partial charge in [-0.1, -0.05) is 143 Å². The molecule has 0 aliphatic carbocycles. The van der Waals surface area contributed by atoms with Crippen LogP contribution in [-0.2, 0) is 9.22 Å². The van der Waals surface area contributed by atoms with Gasteiger partial charge < -0.3 is 9.33 Å². The van der Waals surface area contributed by atoms with Crippen LogP contribution in [0, 0.1) is 5.92 Å². The Bertz CT molecular complexity index is 1500. The van der Waals surface area contributed by atoms with E-state index in [-0.39, 0.29) is 34.9 Å². The maximum absolute atomic E-state index is 14.3. The second kappa shape index (κ2) is 13.6. The first-order valence-corrected chi connectivity index (χ1v) is 18.3. The predicted octanol–water partition coefficient (Wildman–Crippen LogP) is 9.04. The summed E-state index contributed by atoms with van der Waals surface area (Å²) in [4.78, 5) is 16.5. The Morgan fingerprint density at radius 2 is 1.41 bits per heavy atom. The summed E-state index contributed by atoms with van der Waals surface area (Å²) in [5, 5.41) is 3.69. The molecule has 1 fully saturated rings. The van der Waals surface area contributed by atoms with Gasteiger partial charge in [0.05, 0.1) is 18.7 Å². The largest absolute Gasteiger partial charge is 0.405 e. The summed E-state index contributed by atoms with van der Waals surface area (Å²) in [7, 11) is -2.80. The lowest BCUT2D eigenvalue weighted by molar-refractivity contribution is -0.147. The number of rotatable bonds is 9. The van der Waals surface area contributed by atoms with E-state index in [1.807, 2.05) is 24.3 Å². The van der Waals surface area contributed by atoms with E-state index in [0.29, 0.717) is 16.7 Å². The number of hydrogen-bond acceptors (Lipinski definition) is 2. The van der Waals surface area contributed by atoms with Crippen LogP contribution in [0.2, 0.25) is 15.1 Å². The fourth-order valence-electron chi connectivity index (χ4n) is 7.09. The van der Waals surface area contributed by atoms with Crippen LogP contribution in [0.1, 0.15) is 70.5 Å². The predicted molar refractivity (Wildman–Crippen MR) is 187 cm³/mol. The van der Waals surface area contributed by atoms with Crippen LogP contribution in [0.15, 0.2) is 109 Å². The molecule has 3 unspecified atom stereocenters. The van der Waals surface area contributed by atoms with Gasteiger partial charge in [-0.3, -0.25) is 4.79 Å². The summed E-state index contributed by atoms with van der Waals surface area (Å²) in [5.74, 6) is 0.107. The van der Waals surface area contributed by atoms with E-state index >= 15 is 0 Å². The molecule has 0 N–H and O–H groups in total. The molecule has 1 aliphatic rings. The number of likely N-dealkylation sites (tertiary alicyclic amines) is 1. The molecule has 4 aromatic carbocycles. The van der Waals surface area contributed by atoms with Crippen LogP contribution < -0.4 is 10.4 Å². The first-order chi connectivity index (χ1) is 21.1. The highest BCUT2D eigenvalue weighted by molar-refractivity contribution is 6.99. The van der Waals surface area contributed by atoms with Crippen LogP contribution >= 0.6 is 23.2 Å². The molecule has 1 heterocycles. The molecule has 44 heavy (non-hydrogen) atoms. The molecule has 5 rings (SSSR count). The third kappa shape index (κ3) is 6.41. The second-order valence-electron chi connectivity index (χ2n) is 13.1. The van der Waals surface area contributed by atoms with Crippen molar-refractivity contribution < 1.29 is 9.22 Å². The van der Waals surface area contributed by atoms with Crippen LogP contribution in [0.5, 0.6) is 0 Å². The van der Waals surface area contributed by atoms with Gasteiger partial charge in [-0.15, -0.1) is 0 Å². The SMILES string of the molecule is CCC(CO[Si](c1ccccc1)(c1ccccc1)C(C)(C)C)N1C(=O)C(C)CC(c2cccc(Cl)c2)[C@H]1c1ccc(Cl)cc1. The molecule has 0 radical (unpaired) electrons. The molecule has 1 saturated heterocycles. The number of carbonyl (C=O) groups is 1. The number of halogens is 2. The van der Waals surface area contributed by atoms with Crippen molar-refractivity contribution in [3.63, 3.8) is 0 Å². The molecule has 0 spiro atoms. The molecule has 230 valence electrons. The first kappa shape index (κ1) is 32.5. The molecule has 4 aromatic rings. The van der Waals surface area contributed by atoms with Crippen molar-refractivity contribution in [1.82, 2.24) is 4.90 Å². The molecule has 6 heteroatoms. The van der Waals surface area contributed by atoms with Gasteiger partial charge >= 0.3 is 0 Å². The minimum absolute atomic E-state index is 0.0736. The Balaban J connectivity index is 1.61. The number of piperidine rings is 1. The smallest absolute Gasteiger partial charge is 0.261 e. The van der Waals surface area contributed by atoms with E-state index in [1.165, 1.54) is 10.4 Å². The van der Waals surface area contributed by atoms with E-state index in [1.54, 1.807) is 0 Å². The third-order valence-corrected chi connectivity index (χ3v) is 14.7. The number of amides is 1. The standard InChI is InChI=1S/C38H43Cl2NO2Si/c1-6-32(26-43-44(38(3,4)5,33-16-9-7-10-17-33)34-18-11-8-12-19-34)41-36(28-20-22-30(39)23-21-28)35(24-27(2)37(41)42)29-14-13-15-31(40)25-29/h7-23,25,27,32,35-36H,6,24,26H2,1-5H3/t27?,32?,35?,36-/m1/s1. The summed E-state index contributed by atoms with van der Waals surface area (Å²) in [6.45, 7) is 11.5. The average Bonchev–Trinajstić information content (AvgIpc) is 3.02. The van der Waals surface area contributed by atoms with E-state index in [2.05, 4.69) is 124 Å². The molecule has 1 aliphatic heterocycles. The zero-order valence-corrected chi connectivity index (χ0v) is 28.9. The van der Waals surface area contributed by atoms with Gasteiger partial charge in [-0.2, -0.15) is 0 Å². The number of hydrogen-bond donors (Lipinski definition) is 0. The molecule has 0 bridgehead atoms. The Morgan fingerprint density at radius 1 is 0.818 bits per heavy atom. The average molecular weight is 645 g/mol. The van der Waals surface area contributed by atoms with Crippen molar-refractivity contribution in [2.75, 3.05) is 6.61 Å². The Kier molecular flexibility index (Phi) is 10.1. The Morgan fingerprint density at radius 3 is 1.93 bits per heavy atom. The van der Waals surface area contributed by atoms with E-state index in [4.69, 9.17) is 27.6 Å². The van der Waals surface area contributed by atoms with Gasteiger partial charge in [-0.05, 0) is 63.6 Å². The molecular weight excluding hydrogens is 601 g/mol. The molecule has 1 amide bonds. The van der Waals surface area contributed by atoms with Gasteiger partial charge in [0, 0.05) is 21.9 Å². The molecular formula is C38H43Cl2NO2Si. The molecule has 3 nitrogen and oxygen atoms in total. The van der Waals surface area contributed by atoms with Crippen molar-refractivity contribution in [2.24, 2.45) is 5.92 Å². The van der Waals surface area contributed by atoms with Crippen molar-refractivity contribution in [2.45, 2.75) is 70.5 Å². The van der Waals surface area contributed by atoms with Crippen molar-refractivity contribution in [1.29, 1.82) is 0 Å². The number of nitrogens with zero attached hydrogens (tertiary/aromatic N) is 1. The quantitative estimate of drug-likeness (QED) is 0.170. The highest BCUT2D eigenvalue weighted by Crippen LogP contribution is 2.47. The van der Waals surface area contributed by atoms with Crippen LogP contribution in [0.4, 0.5) is 0 Å². The van der Waals surface area contributed by atoms with Crippen LogP contribution in [-0.4, -0.2) is 31.8 Å². The summed E-state index contributed by atoms with van der Waals surface area (Å²) >= 11 is 12.9. The van der Waals surface area contributed by atoms with Crippen molar-refractivity contribution >= 4 is 47.8 Å². The van der Waals surface area contributed by atoms with E-state index < -0.39 is 8.32 Å². The first-order valence-electron chi connectivity index (χ1n) is 15.6. The number of benzene rings is 4. The summed E-state index contributed by atoms with van der Waals surface area (Å²) in [5.41, 5.74) is 2.22. The Labute approximate surface area is 274 Å². The van der Waals surface area contributed by atoms with Crippen LogP contribution in [0.3, 0.4) is 0 Å². The van der Waals surface area contributed by atoms with Gasteiger partial charge in [-0.25, -0.2) is 0 Å². The lowest BCUT2D eigenvalue weighted by Crippen LogP contribution is -2.67. The minimum atomic E-state index is -2.80. The fourth-order valence-corrected chi connectivity index (χ4v) is 12.0. The zero-order chi connectivity index (χ0) is 31.5. The van der Waals surface area contributed by atoms with Gasteiger partial charge in [0.25, 0.3) is 8.32 Å². The lowest BCUT2D eigenvalue weighted by Gasteiger charge is -2.49. The number of carbonyl (C=O) groups excluding carboxylic acids is 1. The summed E-state index contributed by atoms with van der Waals surface area (Å²) < 4.78 is 7.42. The van der Waals surface area contributed by atoms with Gasteiger partial charge in [0.1, 0.15) is 0 Å². The fraction of sp³-hybridized carbons (Fsp3) is 0.342. The van der Waals surface area contributed by atoms with Crippen molar-refractivity contribution in [3.05, 3.63) is 130 Å². The highest BCUT2D eigenvalue weighted by Gasteiger charge is 2.51. The molecule has 0 aromatic heterocycles. The van der Waals surface area contributed by atoms with Gasteiger partial charge in [0.15, 0.2) is 0 Å². The monoisotopic (exact) mass is 643 g/mol. The highest BCUT2D eigenvalue weighted by atomic mass is 35.5. The second-order valence-corrected chi connectivity index (χ2v) is 18.3. The topological polar surface area (TPSA) is 29.5 Å². The van der Waals surface area contributed by atoms with E-state index in [9.17, 15) is 4.79 Å². The van der Waals surface area contributed by atoms with Crippen LogP contribution in [0.25, 0.3) is 0 Å². The molecule has 4 atom stereocenters.